The minimum absolute atomic E-state index is 0.117. The van der Waals surface area contributed by atoms with Crippen molar-refractivity contribution in [2.24, 2.45) is 10.4 Å². The molecule has 0 bridgehead atoms. The Kier molecular flexibility index (Phi) is 5.09. The van der Waals surface area contributed by atoms with Crippen molar-refractivity contribution in [3.05, 3.63) is 40.1 Å². The van der Waals surface area contributed by atoms with Gasteiger partial charge in [-0.25, -0.2) is 0 Å². The second-order valence-corrected chi connectivity index (χ2v) is 8.04. The first kappa shape index (κ1) is 17.5. The number of aryl methyl sites for hydroxylation is 1. The van der Waals surface area contributed by atoms with Crippen LogP contribution in [0.3, 0.4) is 0 Å². The number of benzene rings is 1. The summed E-state index contributed by atoms with van der Waals surface area (Å²) in [6.07, 6.45) is 2.11. The standard InChI is InChI=1S/C18H24N2O2S/c1-12(2)22-15-9-7-8-14(10-15)20-11-13(3)23-17(20)19-16(21)18(4,5)6/h7-12H,1-6H3/b19-17-. The van der Waals surface area contributed by atoms with Crippen LogP contribution >= 0.6 is 11.3 Å². The van der Waals surface area contributed by atoms with Crippen molar-refractivity contribution in [1.82, 2.24) is 4.57 Å². The smallest absolute Gasteiger partial charge is 0.253 e. The van der Waals surface area contributed by atoms with Gasteiger partial charge in [0, 0.05) is 22.6 Å². The molecule has 0 aliphatic carbocycles. The molecule has 0 aliphatic rings. The monoisotopic (exact) mass is 332 g/mol. The molecule has 0 unspecified atom stereocenters. The van der Waals surface area contributed by atoms with E-state index in [1.54, 1.807) is 0 Å². The van der Waals surface area contributed by atoms with Crippen LogP contribution in [0.25, 0.3) is 5.69 Å². The van der Waals surface area contributed by atoms with E-state index in [-0.39, 0.29) is 12.0 Å². The number of thiazole rings is 1. The van der Waals surface area contributed by atoms with Crippen molar-refractivity contribution < 1.29 is 9.53 Å². The summed E-state index contributed by atoms with van der Waals surface area (Å²) >= 11 is 1.51. The van der Waals surface area contributed by atoms with Crippen molar-refractivity contribution in [1.29, 1.82) is 0 Å². The third-order valence-corrected chi connectivity index (χ3v) is 3.97. The Morgan fingerprint density at radius 3 is 2.61 bits per heavy atom. The zero-order valence-corrected chi connectivity index (χ0v) is 15.4. The van der Waals surface area contributed by atoms with Gasteiger partial charge in [0.1, 0.15) is 5.75 Å². The Morgan fingerprint density at radius 2 is 2.00 bits per heavy atom. The fourth-order valence-corrected chi connectivity index (χ4v) is 2.78. The zero-order chi connectivity index (χ0) is 17.2. The highest BCUT2D eigenvalue weighted by atomic mass is 32.1. The van der Waals surface area contributed by atoms with Gasteiger partial charge < -0.3 is 4.74 Å². The number of carbonyl (C=O) groups excluding carboxylic acids is 1. The number of carbonyl (C=O) groups is 1. The maximum absolute atomic E-state index is 12.2. The third-order valence-electron chi connectivity index (χ3n) is 3.08. The van der Waals surface area contributed by atoms with Gasteiger partial charge >= 0.3 is 0 Å². The summed E-state index contributed by atoms with van der Waals surface area (Å²) in [6, 6.07) is 7.83. The number of hydrogen-bond donors (Lipinski definition) is 0. The highest BCUT2D eigenvalue weighted by Gasteiger charge is 2.21. The van der Waals surface area contributed by atoms with Gasteiger partial charge in [0.15, 0.2) is 4.80 Å². The second kappa shape index (κ2) is 6.71. The first-order chi connectivity index (χ1) is 10.7. The fourth-order valence-electron chi connectivity index (χ4n) is 1.95. The SMILES string of the molecule is Cc1cn(-c2cccc(OC(C)C)c2)/c(=N/C(=O)C(C)(C)C)s1. The molecule has 4 nitrogen and oxygen atoms in total. The minimum atomic E-state index is -0.488. The number of hydrogen-bond acceptors (Lipinski definition) is 3. The van der Waals surface area contributed by atoms with Crippen LogP contribution in [0.5, 0.6) is 5.75 Å². The lowest BCUT2D eigenvalue weighted by Gasteiger charge is -2.13. The molecular formula is C18H24N2O2S. The van der Waals surface area contributed by atoms with Crippen LogP contribution in [-0.4, -0.2) is 16.6 Å². The van der Waals surface area contributed by atoms with Gasteiger partial charge in [0.05, 0.1) is 11.8 Å². The molecule has 0 N–H and O–H groups in total. The van der Waals surface area contributed by atoms with Crippen molar-refractivity contribution in [3.8, 4) is 11.4 Å². The molecule has 2 rings (SSSR count). The summed E-state index contributed by atoms with van der Waals surface area (Å²) in [5, 5.41) is 0. The third kappa shape index (κ3) is 4.55. The summed E-state index contributed by atoms with van der Waals surface area (Å²) in [5.74, 6) is 0.685. The van der Waals surface area contributed by atoms with E-state index >= 15 is 0 Å². The van der Waals surface area contributed by atoms with Gasteiger partial charge in [0.25, 0.3) is 5.91 Å². The second-order valence-electron chi connectivity index (χ2n) is 6.83. The van der Waals surface area contributed by atoms with Crippen LogP contribution in [-0.2, 0) is 4.79 Å². The Balaban J connectivity index is 2.49. The molecule has 0 radical (unpaired) electrons. The summed E-state index contributed by atoms with van der Waals surface area (Å²) < 4.78 is 7.69. The first-order valence-electron chi connectivity index (χ1n) is 7.72. The topological polar surface area (TPSA) is 43.6 Å². The Labute approximate surface area is 141 Å². The molecule has 1 heterocycles. The van der Waals surface area contributed by atoms with E-state index in [9.17, 15) is 4.79 Å². The summed E-state index contributed by atoms with van der Waals surface area (Å²) in [5.41, 5.74) is 0.450. The van der Waals surface area contributed by atoms with Gasteiger partial charge in [-0.15, -0.1) is 11.3 Å². The van der Waals surface area contributed by atoms with Gasteiger partial charge in [-0.3, -0.25) is 9.36 Å². The zero-order valence-electron chi connectivity index (χ0n) is 14.6. The molecule has 0 saturated carbocycles. The van der Waals surface area contributed by atoms with E-state index in [0.29, 0.717) is 4.80 Å². The normalized spacial score (nSPS) is 12.7. The maximum atomic E-state index is 12.2. The number of rotatable bonds is 3. The van der Waals surface area contributed by atoms with Crippen molar-refractivity contribution in [2.75, 3.05) is 0 Å². The molecule has 23 heavy (non-hydrogen) atoms. The van der Waals surface area contributed by atoms with Crippen LogP contribution in [0.1, 0.15) is 39.5 Å². The maximum Gasteiger partial charge on any atom is 0.253 e. The molecule has 1 aromatic heterocycles. The number of amides is 1. The van der Waals surface area contributed by atoms with Gasteiger partial charge in [-0.2, -0.15) is 4.99 Å². The van der Waals surface area contributed by atoms with E-state index in [1.807, 2.05) is 76.6 Å². The lowest BCUT2D eigenvalue weighted by atomic mass is 9.96. The van der Waals surface area contributed by atoms with Crippen molar-refractivity contribution in [3.63, 3.8) is 0 Å². The van der Waals surface area contributed by atoms with Crippen LogP contribution in [0.2, 0.25) is 0 Å². The van der Waals surface area contributed by atoms with E-state index in [2.05, 4.69) is 4.99 Å². The average molecular weight is 332 g/mol. The van der Waals surface area contributed by atoms with Gasteiger partial charge in [0.2, 0.25) is 0 Å². The summed E-state index contributed by atoms with van der Waals surface area (Å²) in [6.45, 7) is 11.6. The van der Waals surface area contributed by atoms with Crippen LogP contribution < -0.4 is 9.54 Å². The Bertz CT molecular complexity index is 764. The number of aromatic nitrogens is 1. The van der Waals surface area contributed by atoms with E-state index in [4.69, 9.17) is 4.74 Å². The molecular weight excluding hydrogens is 308 g/mol. The minimum Gasteiger partial charge on any atom is -0.491 e. The first-order valence-corrected chi connectivity index (χ1v) is 8.54. The largest absolute Gasteiger partial charge is 0.491 e. The molecule has 5 heteroatoms. The molecule has 0 aliphatic heterocycles. The van der Waals surface area contributed by atoms with E-state index < -0.39 is 5.41 Å². The molecule has 1 amide bonds. The highest BCUT2D eigenvalue weighted by molar-refractivity contribution is 7.09. The number of ether oxygens (including phenoxy) is 1. The molecule has 0 atom stereocenters. The lowest BCUT2D eigenvalue weighted by Crippen LogP contribution is -2.23. The quantitative estimate of drug-likeness (QED) is 0.849. The van der Waals surface area contributed by atoms with Crippen molar-refractivity contribution >= 4 is 17.2 Å². The van der Waals surface area contributed by atoms with E-state index in [0.717, 1.165) is 16.3 Å². The predicted molar refractivity (Wildman–Crippen MR) is 94.2 cm³/mol. The molecule has 2 aromatic rings. The van der Waals surface area contributed by atoms with Crippen LogP contribution in [0, 0.1) is 12.3 Å². The van der Waals surface area contributed by atoms with Crippen LogP contribution in [0.4, 0.5) is 0 Å². The fraction of sp³-hybridized carbons (Fsp3) is 0.444. The molecule has 124 valence electrons. The van der Waals surface area contributed by atoms with Crippen molar-refractivity contribution in [2.45, 2.75) is 47.6 Å². The molecule has 1 aromatic carbocycles. The average Bonchev–Trinajstić information content (AvgIpc) is 2.78. The number of nitrogens with zero attached hydrogens (tertiary/aromatic N) is 2. The summed E-state index contributed by atoms with van der Waals surface area (Å²) in [4.78, 5) is 18.3. The Morgan fingerprint density at radius 1 is 1.30 bits per heavy atom. The Hall–Kier alpha value is -1.88. The molecule has 0 fully saturated rings. The van der Waals surface area contributed by atoms with Gasteiger partial charge in [-0.1, -0.05) is 26.8 Å². The highest BCUT2D eigenvalue weighted by Crippen LogP contribution is 2.19. The molecule has 0 saturated heterocycles. The molecule has 0 spiro atoms. The lowest BCUT2D eigenvalue weighted by molar-refractivity contribution is -0.125. The summed E-state index contributed by atoms with van der Waals surface area (Å²) in [7, 11) is 0. The van der Waals surface area contributed by atoms with Crippen LogP contribution in [0.15, 0.2) is 35.5 Å². The van der Waals surface area contributed by atoms with E-state index in [1.165, 1.54) is 11.3 Å². The predicted octanol–water partition coefficient (Wildman–Crippen LogP) is 4.11. The van der Waals surface area contributed by atoms with Gasteiger partial charge in [-0.05, 0) is 32.9 Å².